The number of fused-ring (bicyclic) bond motifs is 1. The third kappa shape index (κ3) is 5.70. The van der Waals surface area contributed by atoms with Gasteiger partial charge in [-0.15, -0.1) is 0 Å². The fourth-order valence-electron chi connectivity index (χ4n) is 5.22. The number of carboxylic acid groups (broad SMARTS) is 1. The van der Waals surface area contributed by atoms with Crippen LogP contribution in [0.25, 0.3) is 22.2 Å². The number of oxazole rings is 1. The van der Waals surface area contributed by atoms with Crippen molar-refractivity contribution in [3.63, 3.8) is 0 Å². The van der Waals surface area contributed by atoms with Crippen LogP contribution in [0.4, 0.5) is 0 Å². The summed E-state index contributed by atoms with van der Waals surface area (Å²) in [5.41, 5.74) is 2.35. The Morgan fingerprint density at radius 1 is 1.12 bits per heavy atom. The molecule has 0 radical (unpaired) electrons. The van der Waals surface area contributed by atoms with Gasteiger partial charge in [0, 0.05) is 35.5 Å². The van der Waals surface area contributed by atoms with Crippen LogP contribution in [0.3, 0.4) is 0 Å². The predicted octanol–water partition coefficient (Wildman–Crippen LogP) is 5.47. The van der Waals surface area contributed by atoms with E-state index in [9.17, 15) is 23.1 Å². The number of rotatable bonds is 8. The van der Waals surface area contributed by atoms with Gasteiger partial charge in [-0.25, -0.2) is 18.2 Å². The van der Waals surface area contributed by atoms with Crippen LogP contribution in [0.1, 0.15) is 31.2 Å². The van der Waals surface area contributed by atoms with Crippen molar-refractivity contribution in [2.45, 2.75) is 49.6 Å². The van der Waals surface area contributed by atoms with Crippen molar-refractivity contribution in [2.24, 2.45) is 0 Å². The number of para-hydroxylation sites is 1. The number of nitrogens with one attached hydrogen (secondary N) is 1. The SMILES string of the molecule is Cc1nc2c(-c3ccc(CC(NC(=O)[C@]4(C)CCCN4S(=O)(=O)c4cc(Cl)cc(Cl)c4)C(=O)O)cc3)cccc2o1. The van der Waals surface area contributed by atoms with Crippen molar-refractivity contribution in [1.29, 1.82) is 0 Å². The zero-order valence-electron chi connectivity index (χ0n) is 22.2. The monoisotopic (exact) mass is 615 g/mol. The van der Waals surface area contributed by atoms with E-state index in [-0.39, 0.29) is 34.3 Å². The first-order valence-electron chi connectivity index (χ1n) is 12.9. The van der Waals surface area contributed by atoms with Gasteiger partial charge in [-0.05, 0) is 55.2 Å². The van der Waals surface area contributed by atoms with Crippen LogP contribution in [-0.2, 0) is 26.0 Å². The highest BCUT2D eigenvalue weighted by Crippen LogP contribution is 2.36. The number of aryl methyl sites for hydroxylation is 1. The van der Waals surface area contributed by atoms with Gasteiger partial charge in [0.05, 0.1) is 4.90 Å². The Bertz CT molecular complexity index is 1740. The van der Waals surface area contributed by atoms with Crippen LogP contribution in [0.2, 0.25) is 10.0 Å². The van der Waals surface area contributed by atoms with Crippen LogP contribution >= 0.6 is 23.2 Å². The van der Waals surface area contributed by atoms with Crippen molar-refractivity contribution in [1.82, 2.24) is 14.6 Å². The molecule has 1 aliphatic heterocycles. The number of carbonyl (C=O) groups is 2. The number of benzene rings is 3. The molecule has 0 bridgehead atoms. The Labute approximate surface area is 247 Å². The van der Waals surface area contributed by atoms with Crippen molar-refractivity contribution in [2.75, 3.05) is 6.54 Å². The number of hydrogen-bond donors (Lipinski definition) is 2. The number of carbonyl (C=O) groups excluding carboxylic acids is 1. The molecule has 2 N–H and O–H groups in total. The summed E-state index contributed by atoms with van der Waals surface area (Å²) in [4.78, 5) is 30.0. The fraction of sp³-hybridized carbons (Fsp3) is 0.276. The average Bonchev–Trinajstić information content (AvgIpc) is 3.51. The van der Waals surface area contributed by atoms with Gasteiger partial charge in [0.25, 0.3) is 0 Å². The second-order valence-corrected chi connectivity index (χ2v) is 12.9. The Hall–Kier alpha value is -3.44. The smallest absolute Gasteiger partial charge is 0.326 e. The molecule has 9 nitrogen and oxygen atoms in total. The molecule has 1 amide bonds. The number of nitrogens with zero attached hydrogens (tertiary/aromatic N) is 2. The van der Waals surface area contributed by atoms with Gasteiger partial charge in [-0.2, -0.15) is 4.31 Å². The average molecular weight is 617 g/mol. The summed E-state index contributed by atoms with van der Waals surface area (Å²) in [6.45, 7) is 3.37. The lowest BCUT2D eigenvalue weighted by Crippen LogP contribution is -2.58. The summed E-state index contributed by atoms with van der Waals surface area (Å²) < 4.78 is 33.7. The van der Waals surface area contributed by atoms with E-state index in [0.717, 1.165) is 20.9 Å². The lowest BCUT2D eigenvalue weighted by atomic mass is 9.97. The lowest BCUT2D eigenvalue weighted by molar-refractivity contribution is -0.143. The molecule has 3 aromatic carbocycles. The molecular weight excluding hydrogens is 589 g/mol. The molecule has 1 aliphatic rings. The first-order chi connectivity index (χ1) is 19.4. The maximum absolute atomic E-state index is 13.5. The summed E-state index contributed by atoms with van der Waals surface area (Å²) >= 11 is 12.1. The lowest BCUT2D eigenvalue weighted by Gasteiger charge is -2.34. The van der Waals surface area contributed by atoms with Crippen LogP contribution in [0.15, 0.2) is 70.0 Å². The standard InChI is InChI=1S/C29H27Cl2N3O6S/c1-17-32-26-23(5-3-6-25(26)40-17)19-9-7-18(8-10-19)13-24(27(35)36)33-28(37)29(2)11-4-12-34(29)41(38,39)22-15-20(30)14-21(31)16-22/h3,5-10,14-16,24H,4,11-13H2,1-2H3,(H,33,37)(H,35,36)/t24?,29-/m0/s1. The summed E-state index contributed by atoms with van der Waals surface area (Å²) in [6, 6.07) is 15.6. The van der Waals surface area contributed by atoms with Gasteiger partial charge < -0.3 is 14.8 Å². The number of sulfonamides is 1. The van der Waals surface area contributed by atoms with Crippen molar-refractivity contribution in [3.8, 4) is 11.1 Å². The zero-order chi connectivity index (χ0) is 29.5. The Balaban J connectivity index is 1.35. The van der Waals surface area contributed by atoms with E-state index in [0.29, 0.717) is 23.5 Å². The minimum atomic E-state index is -4.15. The number of aromatic nitrogens is 1. The molecule has 1 aromatic heterocycles. The predicted molar refractivity (Wildman–Crippen MR) is 155 cm³/mol. The van der Waals surface area contributed by atoms with E-state index in [1.807, 2.05) is 30.3 Å². The molecule has 0 aliphatic carbocycles. The third-order valence-corrected chi connectivity index (χ3v) is 9.76. The number of hydrogen-bond acceptors (Lipinski definition) is 6. The summed E-state index contributed by atoms with van der Waals surface area (Å²) in [7, 11) is -4.15. The van der Waals surface area contributed by atoms with E-state index in [1.165, 1.54) is 25.1 Å². The molecule has 0 spiro atoms. The minimum absolute atomic E-state index is 0.00134. The highest BCUT2D eigenvalue weighted by Gasteiger charge is 2.50. The molecule has 5 rings (SSSR count). The Morgan fingerprint density at radius 2 is 1.80 bits per heavy atom. The minimum Gasteiger partial charge on any atom is -0.480 e. The highest BCUT2D eigenvalue weighted by molar-refractivity contribution is 7.89. The molecule has 1 fully saturated rings. The largest absolute Gasteiger partial charge is 0.480 e. The number of halogens is 2. The second kappa shape index (κ2) is 11.1. The second-order valence-electron chi connectivity index (χ2n) is 10.2. The maximum atomic E-state index is 13.5. The maximum Gasteiger partial charge on any atom is 0.326 e. The molecule has 41 heavy (non-hydrogen) atoms. The Morgan fingerprint density at radius 3 is 2.46 bits per heavy atom. The molecule has 12 heteroatoms. The van der Waals surface area contributed by atoms with Gasteiger partial charge in [0.1, 0.15) is 17.1 Å². The van der Waals surface area contributed by atoms with E-state index < -0.39 is 33.5 Å². The molecule has 214 valence electrons. The topological polar surface area (TPSA) is 130 Å². The van der Waals surface area contributed by atoms with Gasteiger partial charge in [0.2, 0.25) is 15.9 Å². The summed E-state index contributed by atoms with van der Waals surface area (Å²) in [5, 5.41) is 12.8. The molecule has 1 unspecified atom stereocenters. The first-order valence-corrected chi connectivity index (χ1v) is 15.1. The first kappa shape index (κ1) is 29.1. The van der Waals surface area contributed by atoms with Crippen molar-refractivity contribution >= 4 is 56.2 Å². The van der Waals surface area contributed by atoms with E-state index in [2.05, 4.69) is 10.3 Å². The van der Waals surface area contributed by atoms with Crippen LogP contribution < -0.4 is 5.32 Å². The summed E-state index contributed by atoms with van der Waals surface area (Å²) in [5.74, 6) is -1.37. The van der Waals surface area contributed by atoms with Gasteiger partial charge >= 0.3 is 5.97 Å². The molecule has 1 saturated heterocycles. The van der Waals surface area contributed by atoms with Crippen LogP contribution in [0.5, 0.6) is 0 Å². The molecule has 0 saturated carbocycles. The van der Waals surface area contributed by atoms with Crippen LogP contribution in [-0.4, -0.2) is 52.8 Å². The van der Waals surface area contributed by atoms with Gasteiger partial charge in [-0.3, -0.25) is 4.79 Å². The number of aliphatic carboxylic acids is 1. The number of amides is 1. The fourth-order valence-corrected chi connectivity index (χ4v) is 7.75. The summed E-state index contributed by atoms with van der Waals surface area (Å²) in [6.07, 6.45) is 0.649. The van der Waals surface area contributed by atoms with Gasteiger partial charge in [-0.1, -0.05) is 59.6 Å². The quantitative estimate of drug-likeness (QED) is 0.269. The normalized spacial score (nSPS) is 18.4. The van der Waals surface area contributed by atoms with Crippen molar-refractivity contribution < 1.29 is 27.5 Å². The Kier molecular flexibility index (Phi) is 7.86. The molecule has 4 aromatic rings. The zero-order valence-corrected chi connectivity index (χ0v) is 24.6. The van der Waals surface area contributed by atoms with Crippen LogP contribution in [0, 0.1) is 6.92 Å². The van der Waals surface area contributed by atoms with Crippen molar-refractivity contribution in [3.05, 3.63) is 82.2 Å². The van der Waals surface area contributed by atoms with E-state index in [1.54, 1.807) is 19.1 Å². The number of carboxylic acids is 1. The van der Waals surface area contributed by atoms with Gasteiger partial charge in [0.15, 0.2) is 11.5 Å². The molecule has 2 heterocycles. The third-order valence-electron chi connectivity index (χ3n) is 7.32. The van der Waals surface area contributed by atoms with E-state index in [4.69, 9.17) is 27.6 Å². The highest BCUT2D eigenvalue weighted by atomic mass is 35.5. The molecule has 2 atom stereocenters. The van der Waals surface area contributed by atoms with E-state index >= 15 is 0 Å². The molecular formula is C29H27Cl2N3O6S.